The quantitative estimate of drug-likeness (QED) is 0.611. The van der Waals surface area contributed by atoms with Crippen molar-refractivity contribution in [3.63, 3.8) is 0 Å². The van der Waals surface area contributed by atoms with Crippen molar-refractivity contribution in [3.8, 4) is 17.0 Å². The Morgan fingerprint density at radius 1 is 1.21 bits per heavy atom. The fourth-order valence-corrected chi connectivity index (χ4v) is 5.92. The van der Waals surface area contributed by atoms with Crippen LogP contribution >= 0.6 is 0 Å². The van der Waals surface area contributed by atoms with Crippen LogP contribution in [0, 0.1) is 11.8 Å². The van der Waals surface area contributed by atoms with Gasteiger partial charge in [-0.1, -0.05) is 0 Å². The second-order valence-corrected chi connectivity index (χ2v) is 9.72. The number of fused-ring (bicyclic) bond motifs is 1. The molecule has 6 nitrogen and oxygen atoms in total. The topological polar surface area (TPSA) is 69.2 Å². The van der Waals surface area contributed by atoms with E-state index in [9.17, 15) is 22.0 Å². The third-order valence-electron chi connectivity index (χ3n) is 7.44. The molecule has 2 aromatic rings. The monoisotopic (exact) mass is 471 g/mol. The lowest BCUT2D eigenvalue weighted by molar-refractivity contribution is -0.274. The molecule has 3 aliphatic rings. The number of aromatic nitrogens is 3. The standard InChI is InChI=1S/C22H26F5N5O/c1-11(2)32-16(19-13-7-21(8-14(13)19)3-4-31(21)10-18(23)24)6-15(30-32)12-5-17(20(28)29-9-12)33-22(25,26)27/h5-6,9,11,13-14,18-19H,3-4,7-8,10H2,1-2H3,(H2,28,29)/t13-,14+,19+,21+. The van der Waals surface area contributed by atoms with Gasteiger partial charge in [-0.3, -0.25) is 9.58 Å². The molecule has 2 aromatic heterocycles. The number of nitrogen functional groups attached to an aromatic ring is 1. The summed E-state index contributed by atoms with van der Waals surface area (Å²) in [7, 11) is 0. The van der Waals surface area contributed by atoms with E-state index in [4.69, 9.17) is 5.73 Å². The molecule has 1 saturated heterocycles. The third kappa shape index (κ3) is 3.94. The van der Waals surface area contributed by atoms with Crippen LogP contribution in [0.3, 0.4) is 0 Å². The molecule has 0 unspecified atom stereocenters. The van der Waals surface area contributed by atoms with E-state index in [1.54, 1.807) is 0 Å². The lowest BCUT2D eigenvalue weighted by atomic mass is 9.78. The normalized spacial score (nSPS) is 29.1. The summed E-state index contributed by atoms with van der Waals surface area (Å²) in [4.78, 5) is 5.79. The van der Waals surface area contributed by atoms with Crippen molar-refractivity contribution in [2.45, 2.75) is 63.4 Å². The zero-order chi connectivity index (χ0) is 23.7. The summed E-state index contributed by atoms with van der Waals surface area (Å²) in [6, 6.07) is 3.15. The molecule has 11 heteroatoms. The van der Waals surface area contributed by atoms with Gasteiger partial charge in [0, 0.05) is 41.5 Å². The highest BCUT2D eigenvalue weighted by Crippen LogP contribution is 2.69. The van der Waals surface area contributed by atoms with E-state index >= 15 is 0 Å². The van der Waals surface area contributed by atoms with Gasteiger partial charge >= 0.3 is 6.36 Å². The molecular formula is C22H26F5N5O. The highest BCUT2D eigenvalue weighted by Gasteiger charge is 2.66. The van der Waals surface area contributed by atoms with E-state index in [2.05, 4.69) is 14.8 Å². The zero-order valence-electron chi connectivity index (χ0n) is 18.3. The number of halogens is 5. The van der Waals surface area contributed by atoms with Gasteiger partial charge in [0.15, 0.2) is 11.6 Å². The number of nitrogens with zero attached hydrogens (tertiary/aromatic N) is 4. The maximum atomic E-state index is 12.9. The van der Waals surface area contributed by atoms with Crippen molar-refractivity contribution in [1.82, 2.24) is 19.7 Å². The van der Waals surface area contributed by atoms with Gasteiger partial charge in [-0.05, 0) is 57.1 Å². The van der Waals surface area contributed by atoms with Gasteiger partial charge in [-0.2, -0.15) is 5.10 Å². The Balaban J connectivity index is 1.38. The molecule has 3 heterocycles. The SMILES string of the molecule is CC(C)n1nc(-c2cnc(N)c(OC(F)(F)F)c2)cc1[C@H]1[C@@H]2C[C@@]3(CCN3CC(F)F)C[C@@H]21. The second-order valence-electron chi connectivity index (χ2n) is 9.72. The minimum Gasteiger partial charge on any atom is -0.402 e. The van der Waals surface area contributed by atoms with Crippen LogP contribution in [0.15, 0.2) is 18.3 Å². The van der Waals surface area contributed by atoms with Gasteiger partial charge in [0.25, 0.3) is 6.43 Å². The molecule has 2 saturated carbocycles. The Morgan fingerprint density at radius 3 is 2.45 bits per heavy atom. The van der Waals surface area contributed by atoms with Crippen molar-refractivity contribution in [2.75, 3.05) is 18.8 Å². The maximum absolute atomic E-state index is 12.9. The number of likely N-dealkylation sites (tertiary alicyclic amines) is 1. The van der Waals surface area contributed by atoms with Crippen LogP contribution < -0.4 is 10.5 Å². The van der Waals surface area contributed by atoms with Crippen molar-refractivity contribution in [2.24, 2.45) is 11.8 Å². The Labute approximate surface area is 187 Å². The summed E-state index contributed by atoms with van der Waals surface area (Å²) >= 11 is 0. The molecule has 180 valence electrons. The fraction of sp³-hybridized carbons (Fsp3) is 0.636. The molecule has 0 aromatic carbocycles. The average molecular weight is 471 g/mol. The first kappa shape index (κ1) is 22.4. The first-order valence-electron chi connectivity index (χ1n) is 11.1. The van der Waals surface area contributed by atoms with E-state index < -0.39 is 18.5 Å². The van der Waals surface area contributed by atoms with Crippen LogP contribution in [-0.4, -0.2) is 51.1 Å². The van der Waals surface area contributed by atoms with Gasteiger partial charge in [0.2, 0.25) is 0 Å². The summed E-state index contributed by atoms with van der Waals surface area (Å²) in [6.07, 6.45) is -3.04. The first-order chi connectivity index (χ1) is 15.5. The zero-order valence-corrected chi connectivity index (χ0v) is 18.3. The first-order valence-corrected chi connectivity index (χ1v) is 11.1. The van der Waals surface area contributed by atoms with Crippen LogP contribution in [-0.2, 0) is 0 Å². The van der Waals surface area contributed by atoms with Gasteiger partial charge < -0.3 is 10.5 Å². The van der Waals surface area contributed by atoms with Crippen molar-refractivity contribution in [1.29, 1.82) is 0 Å². The number of nitrogens with two attached hydrogens (primary N) is 1. The maximum Gasteiger partial charge on any atom is 0.573 e. The molecule has 2 N–H and O–H groups in total. The molecule has 0 radical (unpaired) electrons. The molecule has 0 amide bonds. The number of hydrogen-bond acceptors (Lipinski definition) is 5. The molecule has 3 fully saturated rings. The summed E-state index contributed by atoms with van der Waals surface area (Å²) < 4.78 is 69.8. The predicted octanol–water partition coefficient (Wildman–Crippen LogP) is 4.84. The molecule has 1 aliphatic heterocycles. The van der Waals surface area contributed by atoms with Crippen molar-refractivity contribution < 1.29 is 26.7 Å². The summed E-state index contributed by atoms with van der Waals surface area (Å²) in [5.74, 6) is 0.203. The second kappa shape index (κ2) is 7.54. The number of hydrogen-bond donors (Lipinski definition) is 1. The largest absolute Gasteiger partial charge is 0.573 e. The lowest BCUT2D eigenvalue weighted by Crippen LogP contribution is -2.60. The highest BCUT2D eigenvalue weighted by molar-refractivity contribution is 5.64. The minimum atomic E-state index is -4.88. The van der Waals surface area contributed by atoms with Gasteiger partial charge in [-0.25, -0.2) is 13.8 Å². The predicted molar refractivity (Wildman–Crippen MR) is 111 cm³/mol. The smallest absolute Gasteiger partial charge is 0.402 e. The summed E-state index contributed by atoms with van der Waals surface area (Å²) in [5.41, 5.74) is 7.38. The Morgan fingerprint density at radius 2 is 1.91 bits per heavy atom. The van der Waals surface area contributed by atoms with Crippen LogP contribution in [0.25, 0.3) is 11.3 Å². The minimum absolute atomic E-state index is 0.0516. The molecule has 2 aliphatic carbocycles. The molecule has 33 heavy (non-hydrogen) atoms. The van der Waals surface area contributed by atoms with Crippen molar-refractivity contribution in [3.05, 3.63) is 24.0 Å². The van der Waals surface area contributed by atoms with E-state index in [0.717, 1.165) is 31.5 Å². The van der Waals surface area contributed by atoms with E-state index in [1.165, 1.54) is 12.3 Å². The Bertz CT molecular complexity index is 1040. The fourth-order valence-electron chi connectivity index (χ4n) is 5.92. The number of alkyl halides is 5. The summed E-state index contributed by atoms with van der Waals surface area (Å²) in [5, 5.41) is 4.65. The van der Waals surface area contributed by atoms with Gasteiger partial charge in [-0.15, -0.1) is 13.2 Å². The molecular weight excluding hydrogens is 445 g/mol. The number of rotatable bonds is 6. The third-order valence-corrected chi connectivity index (χ3v) is 7.44. The molecule has 1 spiro atoms. The Kier molecular flexibility index (Phi) is 5.11. The van der Waals surface area contributed by atoms with E-state index in [1.807, 2.05) is 29.5 Å². The van der Waals surface area contributed by atoms with Gasteiger partial charge in [0.05, 0.1) is 12.2 Å². The Hall–Kier alpha value is -2.43. The number of ether oxygens (including phenoxy) is 1. The average Bonchev–Trinajstić information content (AvgIpc) is 3.07. The molecule has 4 atom stereocenters. The number of pyridine rings is 1. The van der Waals surface area contributed by atoms with Gasteiger partial charge in [0.1, 0.15) is 0 Å². The van der Waals surface area contributed by atoms with E-state index in [0.29, 0.717) is 23.1 Å². The molecule has 5 rings (SSSR count). The highest BCUT2D eigenvalue weighted by atomic mass is 19.4. The van der Waals surface area contributed by atoms with Crippen LogP contribution in [0.4, 0.5) is 27.8 Å². The van der Waals surface area contributed by atoms with Crippen molar-refractivity contribution >= 4 is 5.82 Å². The number of anilines is 1. The molecule has 0 bridgehead atoms. The summed E-state index contributed by atoms with van der Waals surface area (Å²) in [6.45, 7) is 4.56. The van der Waals surface area contributed by atoms with Crippen LogP contribution in [0.5, 0.6) is 5.75 Å². The van der Waals surface area contributed by atoms with Crippen LogP contribution in [0.1, 0.15) is 50.8 Å². The van der Waals surface area contributed by atoms with Crippen LogP contribution in [0.2, 0.25) is 0 Å². The van der Waals surface area contributed by atoms with E-state index in [-0.39, 0.29) is 29.9 Å². The lowest BCUT2D eigenvalue weighted by Gasteiger charge is -2.52.